The van der Waals surface area contributed by atoms with Crippen molar-refractivity contribution < 1.29 is 31.5 Å². The second kappa shape index (κ2) is 10.3. The lowest BCUT2D eigenvalue weighted by atomic mass is 10.3. The largest absolute Gasteiger partial charge is 0.380 e. The van der Waals surface area contributed by atoms with E-state index in [1.54, 1.807) is 0 Å². The van der Waals surface area contributed by atoms with Crippen LogP contribution in [0, 0.1) is 10.1 Å². The molecule has 132 valence electrons. The van der Waals surface area contributed by atoms with Crippen molar-refractivity contribution in [2.24, 2.45) is 5.73 Å². The number of non-ortho nitro benzene ring substituents is 1. The molecule has 0 spiro atoms. The van der Waals surface area contributed by atoms with Crippen LogP contribution >= 0.6 is 8.25 Å². The van der Waals surface area contributed by atoms with Crippen LogP contribution in [0.3, 0.4) is 0 Å². The Morgan fingerprint density at radius 3 is 2.13 bits per heavy atom. The van der Waals surface area contributed by atoms with Crippen LogP contribution in [0.1, 0.15) is 26.7 Å². The van der Waals surface area contributed by atoms with E-state index in [-0.39, 0.29) is 11.4 Å². The number of hydrogen-bond acceptors (Lipinski definition) is 8. The minimum Gasteiger partial charge on any atom is -0.380 e. The van der Waals surface area contributed by atoms with E-state index >= 15 is 0 Å². The molecule has 0 saturated carbocycles. The van der Waals surface area contributed by atoms with E-state index in [9.17, 15) is 23.1 Å². The highest BCUT2D eigenvalue weighted by Crippen LogP contribution is 2.22. The van der Waals surface area contributed by atoms with Gasteiger partial charge in [-0.25, -0.2) is 0 Å². The fraction of sp³-hybridized carbons (Fsp3) is 0.455. The van der Waals surface area contributed by atoms with Crippen LogP contribution in [0.25, 0.3) is 0 Å². The van der Waals surface area contributed by atoms with Gasteiger partial charge in [-0.15, -0.1) is 0 Å². The van der Waals surface area contributed by atoms with E-state index in [0.29, 0.717) is 0 Å². The van der Waals surface area contributed by atoms with Crippen LogP contribution in [0.15, 0.2) is 24.3 Å². The molecule has 12 heteroatoms. The Hall–Kier alpha value is -1.52. The topological polar surface area (TPSA) is 159 Å². The summed E-state index contributed by atoms with van der Waals surface area (Å²) in [6.07, 6.45) is 2.64. The molecule has 1 aromatic rings. The van der Waals surface area contributed by atoms with Crippen molar-refractivity contribution in [1.82, 2.24) is 0 Å². The number of rotatable bonds is 7. The Labute approximate surface area is 134 Å². The third-order valence-corrected chi connectivity index (χ3v) is 3.98. The molecular formula is C11H19N2O8PS. The zero-order valence-electron chi connectivity index (χ0n) is 12.5. The zero-order valence-corrected chi connectivity index (χ0v) is 14.4. The average molecular weight is 370 g/mol. The average Bonchev–Trinajstić information content (AvgIpc) is 2.47. The molecule has 0 heterocycles. The smallest absolute Gasteiger partial charge is 0.351 e. The molecule has 1 rings (SSSR count). The molecule has 0 amide bonds. The van der Waals surface area contributed by atoms with Crippen molar-refractivity contribution in [2.75, 3.05) is 0 Å². The van der Waals surface area contributed by atoms with Crippen molar-refractivity contribution in [3.05, 3.63) is 34.4 Å². The van der Waals surface area contributed by atoms with Crippen LogP contribution in [-0.2, 0) is 19.2 Å². The molecule has 0 saturated heterocycles. The highest BCUT2D eigenvalue weighted by molar-refractivity contribution is 7.87. The van der Waals surface area contributed by atoms with Crippen LogP contribution in [0.4, 0.5) is 5.69 Å². The van der Waals surface area contributed by atoms with Gasteiger partial charge < -0.3 is 9.08 Å². The number of nitro groups is 1. The predicted molar refractivity (Wildman–Crippen MR) is 83.5 cm³/mol. The summed E-state index contributed by atoms with van der Waals surface area (Å²) in [7, 11) is -8.04. The molecule has 2 atom stereocenters. The molecule has 3 N–H and O–H groups in total. The Kier molecular flexibility index (Phi) is 9.61. The summed E-state index contributed by atoms with van der Waals surface area (Å²) in [5, 5.41) is 10.4. The van der Waals surface area contributed by atoms with E-state index in [1.807, 2.05) is 0 Å². The third kappa shape index (κ3) is 8.62. The molecular weight excluding hydrogens is 351 g/mol. The van der Waals surface area contributed by atoms with E-state index in [4.69, 9.17) is 10.6 Å². The van der Waals surface area contributed by atoms with Crippen LogP contribution in [-0.4, -0.2) is 23.8 Å². The van der Waals surface area contributed by atoms with Crippen molar-refractivity contribution in [2.45, 2.75) is 32.2 Å². The molecule has 0 aliphatic heterocycles. The second-order valence-electron chi connectivity index (χ2n) is 4.08. The van der Waals surface area contributed by atoms with Crippen LogP contribution in [0.2, 0.25) is 0 Å². The first-order valence-electron chi connectivity index (χ1n) is 6.47. The van der Waals surface area contributed by atoms with E-state index < -0.39 is 28.9 Å². The van der Waals surface area contributed by atoms with Gasteiger partial charge in [0.15, 0.2) is 0 Å². The standard InChI is InChI=1S/C7H9N2O8PS.C4H10/c8-7(16-18(12)13)19(14,15)17-6-3-1-5(2-4-6)9(10)11;1-3-4-2/h1-4,7,18H,8H2,(H,12,13);3-4H2,1-2H3. The maximum Gasteiger partial charge on any atom is 0.351 e. The van der Waals surface area contributed by atoms with E-state index in [2.05, 4.69) is 22.6 Å². The number of nitrogens with zero attached hydrogens (tertiary/aromatic N) is 1. The summed E-state index contributed by atoms with van der Waals surface area (Å²) in [5.41, 5.74) is 2.60. The lowest BCUT2D eigenvalue weighted by Crippen LogP contribution is -2.34. The van der Waals surface area contributed by atoms with Gasteiger partial charge in [0.25, 0.3) is 11.2 Å². The van der Waals surface area contributed by atoms with E-state index in [0.717, 1.165) is 24.3 Å². The SMILES string of the molecule is CCCC.NC(O[PH](=O)O)S(=O)(=O)Oc1ccc([N+](=O)[O-])cc1. The summed E-state index contributed by atoms with van der Waals surface area (Å²) >= 11 is 0. The Morgan fingerprint density at radius 2 is 1.78 bits per heavy atom. The van der Waals surface area contributed by atoms with Gasteiger partial charge in [-0.3, -0.25) is 24.9 Å². The van der Waals surface area contributed by atoms with Crippen LogP contribution in [0.5, 0.6) is 5.75 Å². The van der Waals surface area contributed by atoms with Gasteiger partial charge >= 0.3 is 18.4 Å². The fourth-order valence-electron chi connectivity index (χ4n) is 0.963. The molecule has 0 aliphatic rings. The highest BCUT2D eigenvalue weighted by Gasteiger charge is 2.26. The maximum atomic E-state index is 11.4. The molecule has 10 nitrogen and oxygen atoms in total. The lowest BCUT2D eigenvalue weighted by Gasteiger charge is -2.12. The van der Waals surface area contributed by atoms with Crippen LogP contribution < -0.4 is 9.92 Å². The van der Waals surface area contributed by atoms with Gasteiger partial charge in [-0.1, -0.05) is 26.7 Å². The van der Waals surface area contributed by atoms with Gasteiger partial charge in [0.2, 0.25) is 0 Å². The maximum absolute atomic E-state index is 11.4. The summed E-state index contributed by atoms with van der Waals surface area (Å²) in [4.78, 5) is 18.1. The fourth-order valence-corrected chi connectivity index (χ4v) is 2.35. The van der Waals surface area contributed by atoms with Gasteiger partial charge in [0.1, 0.15) is 5.75 Å². The minimum absolute atomic E-state index is 0.248. The Morgan fingerprint density at radius 1 is 1.30 bits per heavy atom. The first kappa shape index (κ1) is 21.5. The molecule has 2 unspecified atom stereocenters. The summed E-state index contributed by atoms with van der Waals surface area (Å²) in [5.74, 6) is -0.248. The normalized spacial score (nSPS) is 13.4. The van der Waals surface area contributed by atoms with Crippen molar-refractivity contribution in [3.63, 3.8) is 0 Å². The third-order valence-electron chi connectivity index (χ3n) is 2.26. The Bertz CT molecular complexity index is 617. The quantitative estimate of drug-likeness (QED) is 0.239. The molecule has 23 heavy (non-hydrogen) atoms. The summed E-state index contributed by atoms with van der Waals surface area (Å²) in [6, 6.07) is 4.10. The number of nitrogens with two attached hydrogens (primary N) is 1. The van der Waals surface area contributed by atoms with Gasteiger partial charge in [0, 0.05) is 12.1 Å². The molecule has 0 radical (unpaired) electrons. The van der Waals surface area contributed by atoms with Crippen molar-refractivity contribution in [3.8, 4) is 5.75 Å². The molecule has 1 aromatic carbocycles. The lowest BCUT2D eigenvalue weighted by molar-refractivity contribution is -0.384. The summed E-state index contributed by atoms with van der Waals surface area (Å²) < 4.78 is 41.6. The van der Waals surface area contributed by atoms with Crippen molar-refractivity contribution in [1.29, 1.82) is 0 Å². The molecule has 0 aliphatic carbocycles. The predicted octanol–water partition coefficient (Wildman–Crippen LogP) is 1.75. The minimum atomic E-state index is -4.49. The number of nitro benzene ring substituents is 1. The van der Waals surface area contributed by atoms with Gasteiger partial charge in [-0.2, -0.15) is 8.42 Å². The summed E-state index contributed by atoms with van der Waals surface area (Å²) in [6.45, 7) is 4.36. The van der Waals surface area contributed by atoms with E-state index in [1.165, 1.54) is 12.8 Å². The number of benzene rings is 1. The van der Waals surface area contributed by atoms with Gasteiger partial charge in [0.05, 0.1) is 4.92 Å². The monoisotopic (exact) mass is 370 g/mol. The first-order valence-corrected chi connectivity index (χ1v) is 9.20. The van der Waals surface area contributed by atoms with Gasteiger partial charge in [-0.05, 0) is 12.1 Å². The first-order chi connectivity index (χ1) is 10.6. The number of unbranched alkanes of at least 4 members (excludes halogenated alkanes) is 1. The van der Waals surface area contributed by atoms with Crippen molar-refractivity contribution >= 4 is 24.1 Å². The number of hydrogen-bond donors (Lipinski definition) is 2. The molecule has 0 aromatic heterocycles. The zero-order chi connectivity index (χ0) is 18.0. The molecule has 0 bridgehead atoms. The molecule has 0 fully saturated rings. The highest BCUT2D eigenvalue weighted by atomic mass is 32.2. The second-order valence-corrected chi connectivity index (χ2v) is 6.46. The Balaban J connectivity index is 0.00000108.